The monoisotopic (exact) mass is 294 g/mol. The van der Waals surface area contributed by atoms with Gasteiger partial charge in [-0.1, -0.05) is 42.5 Å². The second-order valence-electron chi connectivity index (χ2n) is 4.58. The molecular formula is C17H14N2OS. The Labute approximate surface area is 127 Å². The van der Waals surface area contributed by atoms with Gasteiger partial charge in [0.15, 0.2) is 0 Å². The first kappa shape index (κ1) is 13.5. The average Bonchev–Trinajstić information content (AvgIpc) is 3.08. The maximum absolute atomic E-state index is 12.1. The van der Waals surface area contributed by atoms with Crippen molar-refractivity contribution in [3.63, 3.8) is 0 Å². The van der Waals surface area contributed by atoms with Gasteiger partial charge in [-0.2, -0.15) is 0 Å². The third-order valence-electron chi connectivity index (χ3n) is 3.12. The van der Waals surface area contributed by atoms with Gasteiger partial charge in [-0.05, 0) is 17.7 Å². The van der Waals surface area contributed by atoms with E-state index in [4.69, 9.17) is 0 Å². The Hall–Kier alpha value is -2.46. The predicted molar refractivity (Wildman–Crippen MR) is 85.2 cm³/mol. The van der Waals surface area contributed by atoms with E-state index in [2.05, 4.69) is 10.3 Å². The Morgan fingerprint density at radius 2 is 1.81 bits per heavy atom. The highest BCUT2D eigenvalue weighted by molar-refractivity contribution is 7.13. The van der Waals surface area contributed by atoms with Gasteiger partial charge in [0.1, 0.15) is 5.01 Å². The standard InChI is InChI=1S/C17H14N2OS/c20-16(19-12-13-4-2-1-3-5-13)14-6-8-15(9-7-14)17-18-10-11-21-17/h1-11H,12H2,(H,19,20). The largest absolute Gasteiger partial charge is 0.348 e. The molecular weight excluding hydrogens is 280 g/mol. The molecule has 0 aliphatic rings. The van der Waals surface area contributed by atoms with Gasteiger partial charge in [-0.25, -0.2) is 4.98 Å². The van der Waals surface area contributed by atoms with E-state index in [1.165, 1.54) is 0 Å². The number of rotatable bonds is 4. The van der Waals surface area contributed by atoms with Crippen LogP contribution in [0.3, 0.4) is 0 Å². The minimum Gasteiger partial charge on any atom is -0.348 e. The van der Waals surface area contributed by atoms with Gasteiger partial charge in [0, 0.05) is 29.2 Å². The van der Waals surface area contributed by atoms with E-state index < -0.39 is 0 Å². The number of nitrogens with one attached hydrogen (secondary N) is 1. The summed E-state index contributed by atoms with van der Waals surface area (Å²) in [5, 5.41) is 5.82. The fraction of sp³-hybridized carbons (Fsp3) is 0.0588. The van der Waals surface area contributed by atoms with Crippen molar-refractivity contribution in [2.24, 2.45) is 0 Å². The lowest BCUT2D eigenvalue weighted by Crippen LogP contribution is -2.22. The van der Waals surface area contributed by atoms with Crippen molar-refractivity contribution in [3.05, 3.63) is 77.3 Å². The van der Waals surface area contributed by atoms with E-state index in [0.717, 1.165) is 16.1 Å². The molecule has 0 aliphatic heterocycles. The van der Waals surface area contributed by atoms with E-state index in [0.29, 0.717) is 12.1 Å². The summed E-state index contributed by atoms with van der Waals surface area (Å²) in [5.41, 5.74) is 2.78. The number of hydrogen-bond donors (Lipinski definition) is 1. The van der Waals surface area contributed by atoms with E-state index in [-0.39, 0.29) is 5.91 Å². The summed E-state index contributed by atoms with van der Waals surface area (Å²) in [4.78, 5) is 16.3. The first-order valence-electron chi connectivity index (χ1n) is 6.65. The normalized spacial score (nSPS) is 10.3. The summed E-state index contributed by atoms with van der Waals surface area (Å²) < 4.78 is 0. The zero-order chi connectivity index (χ0) is 14.5. The van der Waals surface area contributed by atoms with Crippen LogP contribution in [0.15, 0.2) is 66.2 Å². The maximum atomic E-state index is 12.1. The number of carbonyl (C=O) groups excluding carboxylic acids is 1. The summed E-state index contributed by atoms with van der Waals surface area (Å²) >= 11 is 1.59. The molecule has 0 saturated carbocycles. The first-order valence-corrected chi connectivity index (χ1v) is 7.53. The van der Waals surface area contributed by atoms with Crippen molar-refractivity contribution in [3.8, 4) is 10.6 Å². The van der Waals surface area contributed by atoms with Crippen molar-refractivity contribution in [2.75, 3.05) is 0 Å². The molecule has 0 atom stereocenters. The van der Waals surface area contributed by atoms with Crippen molar-refractivity contribution in [2.45, 2.75) is 6.54 Å². The lowest BCUT2D eigenvalue weighted by Gasteiger charge is -2.06. The number of thiazole rings is 1. The first-order chi connectivity index (χ1) is 10.3. The van der Waals surface area contributed by atoms with Crippen LogP contribution >= 0.6 is 11.3 Å². The van der Waals surface area contributed by atoms with Gasteiger partial charge < -0.3 is 5.32 Å². The van der Waals surface area contributed by atoms with E-state index in [1.54, 1.807) is 17.5 Å². The number of nitrogens with zero attached hydrogens (tertiary/aromatic N) is 1. The summed E-state index contributed by atoms with van der Waals surface area (Å²) in [6.07, 6.45) is 1.78. The molecule has 0 aliphatic carbocycles. The minimum atomic E-state index is -0.0652. The van der Waals surface area contributed by atoms with Gasteiger partial charge in [-0.3, -0.25) is 4.79 Å². The van der Waals surface area contributed by atoms with E-state index >= 15 is 0 Å². The summed E-state index contributed by atoms with van der Waals surface area (Å²) in [5.74, 6) is -0.0652. The molecule has 1 aromatic heterocycles. The van der Waals surface area contributed by atoms with Gasteiger partial charge in [0.25, 0.3) is 5.91 Å². The smallest absolute Gasteiger partial charge is 0.251 e. The minimum absolute atomic E-state index is 0.0652. The van der Waals surface area contributed by atoms with Gasteiger partial charge in [-0.15, -0.1) is 11.3 Å². The van der Waals surface area contributed by atoms with Crippen molar-refractivity contribution < 1.29 is 4.79 Å². The van der Waals surface area contributed by atoms with Crippen molar-refractivity contribution in [1.29, 1.82) is 0 Å². The van der Waals surface area contributed by atoms with Crippen LogP contribution in [0.4, 0.5) is 0 Å². The highest BCUT2D eigenvalue weighted by Gasteiger charge is 2.06. The van der Waals surface area contributed by atoms with E-state index in [9.17, 15) is 4.79 Å². The molecule has 2 aromatic carbocycles. The predicted octanol–water partition coefficient (Wildman–Crippen LogP) is 3.74. The molecule has 3 aromatic rings. The van der Waals surface area contributed by atoms with Crippen LogP contribution in [0.25, 0.3) is 10.6 Å². The van der Waals surface area contributed by atoms with Crippen LogP contribution in [0.5, 0.6) is 0 Å². The highest BCUT2D eigenvalue weighted by atomic mass is 32.1. The van der Waals surface area contributed by atoms with Crippen molar-refractivity contribution >= 4 is 17.2 Å². The molecule has 1 N–H and O–H groups in total. The number of amides is 1. The van der Waals surface area contributed by atoms with Crippen LogP contribution < -0.4 is 5.32 Å². The molecule has 0 bridgehead atoms. The third kappa shape index (κ3) is 3.35. The van der Waals surface area contributed by atoms with Gasteiger partial charge in [0.05, 0.1) is 0 Å². The Balaban J connectivity index is 1.65. The molecule has 0 radical (unpaired) electrons. The summed E-state index contributed by atoms with van der Waals surface area (Å²) in [6, 6.07) is 17.4. The molecule has 3 nitrogen and oxygen atoms in total. The molecule has 1 amide bonds. The lowest BCUT2D eigenvalue weighted by atomic mass is 10.1. The van der Waals surface area contributed by atoms with Crippen LogP contribution in [-0.4, -0.2) is 10.9 Å². The molecule has 4 heteroatoms. The Morgan fingerprint density at radius 3 is 2.48 bits per heavy atom. The number of hydrogen-bond acceptors (Lipinski definition) is 3. The van der Waals surface area contributed by atoms with Crippen LogP contribution in [0.2, 0.25) is 0 Å². The third-order valence-corrected chi connectivity index (χ3v) is 3.94. The van der Waals surface area contributed by atoms with Crippen LogP contribution in [0, 0.1) is 0 Å². The average molecular weight is 294 g/mol. The van der Waals surface area contributed by atoms with E-state index in [1.807, 2.05) is 60.0 Å². The Morgan fingerprint density at radius 1 is 1.05 bits per heavy atom. The molecule has 0 fully saturated rings. The quantitative estimate of drug-likeness (QED) is 0.796. The fourth-order valence-corrected chi connectivity index (χ4v) is 2.65. The topological polar surface area (TPSA) is 42.0 Å². The highest BCUT2D eigenvalue weighted by Crippen LogP contribution is 2.21. The second kappa shape index (κ2) is 6.33. The molecule has 104 valence electrons. The van der Waals surface area contributed by atoms with Crippen LogP contribution in [0.1, 0.15) is 15.9 Å². The SMILES string of the molecule is O=C(NCc1ccccc1)c1ccc(-c2nccs2)cc1. The number of aromatic nitrogens is 1. The Bertz CT molecular complexity index is 706. The lowest BCUT2D eigenvalue weighted by molar-refractivity contribution is 0.0951. The van der Waals surface area contributed by atoms with Gasteiger partial charge >= 0.3 is 0 Å². The van der Waals surface area contributed by atoms with Crippen LogP contribution in [-0.2, 0) is 6.54 Å². The van der Waals surface area contributed by atoms with Gasteiger partial charge in [0.2, 0.25) is 0 Å². The molecule has 0 saturated heterocycles. The zero-order valence-corrected chi connectivity index (χ0v) is 12.1. The Kier molecular flexibility index (Phi) is 4.07. The fourth-order valence-electron chi connectivity index (χ4n) is 2.01. The molecule has 0 unspecified atom stereocenters. The molecule has 1 heterocycles. The number of benzene rings is 2. The maximum Gasteiger partial charge on any atom is 0.251 e. The summed E-state index contributed by atoms with van der Waals surface area (Å²) in [7, 11) is 0. The molecule has 21 heavy (non-hydrogen) atoms. The summed E-state index contributed by atoms with van der Waals surface area (Å²) in [6.45, 7) is 0.536. The molecule has 3 rings (SSSR count). The number of carbonyl (C=O) groups is 1. The second-order valence-corrected chi connectivity index (χ2v) is 5.48. The van der Waals surface area contributed by atoms with Crippen molar-refractivity contribution in [1.82, 2.24) is 10.3 Å². The molecule has 0 spiro atoms. The zero-order valence-electron chi connectivity index (χ0n) is 11.3.